The Kier molecular flexibility index (Phi) is 3.30. The van der Waals surface area contributed by atoms with Gasteiger partial charge in [0.05, 0.1) is 5.69 Å². The molecule has 3 aromatic rings. The molecule has 21 heavy (non-hydrogen) atoms. The average molecular weight is 324 g/mol. The average Bonchev–Trinajstić information content (AvgIpc) is 2.90. The minimum atomic E-state index is -3.82. The summed E-state index contributed by atoms with van der Waals surface area (Å²) >= 11 is 5.90. The molecule has 0 aliphatic rings. The number of nitrogens with zero attached hydrogens (tertiary/aromatic N) is 2. The lowest BCUT2D eigenvalue weighted by molar-refractivity contribution is 0.315. The molecule has 0 atom stereocenters. The summed E-state index contributed by atoms with van der Waals surface area (Å²) in [5.41, 5.74) is 1.73. The Hall–Kier alpha value is -2.12. The first kappa shape index (κ1) is 13.8. The van der Waals surface area contributed by atoms with Gasteiger partial charge >= 0.3 is 0 Å². The Morgan fingerprint density at radius 2 is 2.00 bits per heavy atom. The van der Waals surface area contributed by atoms with Crippen LogP contribution in [-0.2, 0) is 10.0 Å². The van der Waals surface area contributed by atoms with Crippen LogP contribution in [0.15, 0.2) is 45.9 Å². The summed E-state index contributed by atoms with van der Waals surface area (Å²) in [5.74, 6) is 0. The van der Waals surface area contributed by atoms with Crippen LogP contribution in [0.2, 0.25) is 5.02 Å². The lowest BCUT2D eigenvalue weighted by Gasteiger charge is -2.10. The molecule has 1 heterocycles. The van der Waals surface area contributed by atoms with Gasteiger partial charge in [0.15, 0.2) is 5.52 Å². The van der Waals surface area contributed by atoms with E-state index >= 15 is 0 Å². The molecular weight excluding hydrogens is 314 g/mol. The summed E-state index contributed by atoms with van der Waals surface area (Å²) in [5, 5.41) is 7.71. The van der Waals surface area contributed by atoms with Crippen molar-refractivity contribution in [1.29, 1.82) is 0 Å². The zero-order chi connectivity index (χ0) is 15.0. The standard InChI is InChI=1S/C13H10ClN3O3S/c1-8-5-6-9(14)7-11(8)17-21(18,19)12-4-2-3-10-13(12)16-20-15-10/h2-7,17H,1H3. The summed E-state index contributed by atoms with van der Waals surface area (Å²) in [6.45, 7) is 1.78. The topological polar surface area (TPSA) is 85.1 Å². The summed E-state index contributed by atoms with van der Waals surface area (Å²) in [4.78, 5) is 0.000579. The number of fused-ring (bicyclic) bond motifs is 1. The number of hydrogen-bond donors (Lipinski definition) is 1. The van der Waals surface area contributed by atoms with E-state index in [0.29, 0.717) is 16.2 Å². The molecule has 1 aromatic heterocycles. The van der Waals surface area contributed by atoms with Gasteiger partial charge in [0.1, 0.15) is 10.4 Å². The van der Waals surface area contributed by atoms with Gasteiger partial charge in [0.2, 0.25) is 0 Å². The second-order valence-corrected chi connectivity index (χ2v) is 6.54. The smallest absolute Gasteiger partial charge is 0.264 e. The number of aryl methyl sites for hydroxylation is 1. The highest BCUT2D eigenvalue weighted by Crippen LogP contribution is 2.26. The molecule has 108 valence electrons. The van der Waals surface area contributed by atoms with E-state index in [1.165, 1.54) is 6.07 Å². The quantitative estimate of drug-likeness (QED) is 0.801. The number of rotatable bonds is 3. The van der Waals surface area contributed by atoms with Gasteiger partial charge in [0, 0.05) is 5.02 Å². The maximum atomic E-state index is 12.5. The van der Waals surface area contributed by atoms with Gasteiger partial charge in [-0.2, -0.15) is 0 Å². The molecule has 0 aliphatic carbocycles. The van der Waals surface area contributed by atoms with Gasteiger partial charge in [-0.1, -0.05) is 23.7 Å². The second-order valence-electron chi connectivity index (χ2n) is 4.45. The fraction of sp³-hybridized carbons (Fsp3) is 0.0769. The van der Waals surface area contributed by atoms with E-state index < -0.39 is 10.0 Å². The Labute approximate surface area is 125 Å². The maximum Gasteiger partial charge on any atom is 0.264 e. The van der Waals surface area contributed by atoms with Crippen molar-refractivity contribution in [2.75, 3.05) is 4.72 Å². The van der Waals surface area contributed by atoms with Crippen LogP contribution < -0.4 is 4.72 Å². The zero-order valence-electron chi connectivity index (χ0n) is 10.9. The van der Waals surface area contributed by atoms with Crippen LogP contribution in [0.3, 0.4) is 0 Å². The molecule has 3 rings (SSSR count). The number of sulfonamides is 1. The number of nitrogens with one attached hydrogen (secondary N) is 1. The van der Waals surface area contributed by atoms with Gasteiger partial charge in [-0.25, -0.2) is 13.0 Å². The zero-order valence-corrected chi connectivity index (χ0v) is 12.4. The van der Waals surface area contributed by atoms with Crippen molar-refractivity contribution in [3.05, 3.63) is 47.0 Å². The third-order valence-corrected chi connectivity index (χ3v) is 4.61. The fourth-order valence-electron chi connectivity index (χ4n) is 1.90. The van der Waals surface area contributed by atoms with Crippen molar-refractivity contribution in [1.82, 2.24) is 10.3 Å². The van der Waals surface area contributed by atoms with Crippen molar-refractivity contribution in [3.8, 4) is 0 Å². The number of halogens is 1. The van der Waals surface area contributed by atoms with Gasteiger partial charge < -0.3 is 0 Å². The SMILES string of the molecule is Cc1ccc(Cl)cc1NS(=O)(=O)c1cccc2nonc12. The van der Waals surface area contributed by atoms with Crippen molar-refractivity contribution >= 4 is 38.3 Å². The highest BCUT2D eigenvalue weighted by atomic mass is 35.5. The van der Waals surface area contributed by atoms with Crippen LogP contribution in [0.1, 0.15) is 5.56 Å². The van der Waals surface area contributed by atoms with E-state index in [1.807, 2.05) is 0 Å². The highest BCUT2D eigenvalue weighted by Gasteiger charge is 2.21. The Morgan fingerprint density at radius 3 is 2.81 bits per heavy atom. The fourth-order valence-corrected chi connectivity index (χ4v) is 3.35. The third-order valence-electron chi connectivity index (χ3n) is 2.98. The summed E-state index contributed by atoms with van der Waals surface area (Å²) in [6.07, 6.45) is 0. The number of benzene rings is 2. The van der Waals surface area contributed by atoms with Crippen LogP contribution in [0, 0.1) is 6.92 Å². The molecule has 0 saturated carbocycles. The molecule has 0 aliphatic heterocycles. The predicted octanol–water partition coefficient (Wildman–Crippen LogP) is 2.99. The van der Waals surface area contributed by atoms with E-state index in [9.17, 15) is 8.42 Å². The molecular formula is C13H10ClN3O3S. The molecule has 0 radical (unpaired) electrons. The Morgan fingerprint density at radius 1 is 1.19 bits per heavy atom. The van der Waals surface area contributed by atoms with Crippen LogP contribution >= 0.6 is 11.6 Å². The molecule has 6 nitrogen and oxygen atoms in total. The molecule has 0 spiro atoms. The van der Waals surface area contributed by atoms with Crippen molar-refractivity contribution in [2.45, 2.75) is 11.8 Å². The van der Waals surface area contributed by atoms with Gasteiger partial charge in [-0.05, 0) is 47.1 Å². The van der Waals surface area contributed by atoms with Crippen molar-refractivity contribution in [2.24, 2.45) is 0 Å². The predicted molar refractivity (Wildman–Crippen MR) is 78.8 cm³/mol. The first-order valence-corrected chi connectivity index (χ1v) is 7.84. The van der Waals surface area contributed by atoms with E-state index in [-0.39, 0.29) is 10.4 Å². The molecule has 8 heteroatoms. The van der Waals surface area contributed by atoms with Gasteiger partial charge in [-0.15, -0.1) is 0 Å². The highest BCUT2D eigenvalue weighted by molar-refractivity contribution is 7.93. The minimum Gasteiger partial charge on any atom is -0.279 e. The van der Waals surface area contributed by atoms with Gasteiger partial charge in [-0.3, -0.25) is 4.72 Å². The number of hydrogen-bond acceptors (Lipinski definition) is 5. The maximum absolute atomic E-state index is 12.5. The van der Waals surface area contributed by atoms with Crippen molar-refractivity contribution in [3.63, 3.8) is 0 Å². The molecule has 0 amide bonds. The summed E-state index contributed by atoms with van der Waals surface area (Å²) < 4.78 is 32.1. The molecule has 0 bridgehead atoms. The largest absolute Gasteiger partial charge is 0.279 e. The van der Waals surface area contributed by atoms with Crippen LogP contribution in [0.5, 0.6) is 0 Å². The third kappa shape index (κ3) is 2.57. The Bertz CT molecular complexity index is 921. The molecule has 0 unspecified atom stereocenters. The molecule has 0 fully saturated rings. The van der Waals surface area contributed by atoms with E-state index in [2.05, 4.69) is 19.7 Å². The van der Waals surface area contributed by atoms with Crippen LogP contribution in [0.4, 0.5) is 5.69 Å². The lowest BCUT2D eigenvalue weighted by Crippen LogP contribution is -2.14. The van der Waals surface area contributed by atoms with Crippen molar-refractivity contribution < 1.29 is 13.0 Å². The monoisotopic (exact) mass is 323 g/mol. The Balaban J connectivity index is 2.09. The van der Waals surface area contributed by atoms with Gasteiger partial charge in [0.25, 0.3) is 10.0 Å². The second kappa shape index (κ2) is 5.01. The molecule has 1 N–H and O–H groups in total. The molecule has 2 aromatic carbocycles. The minimum absolute atomic E-state index is 0.000579. The van der Waals surface area contributed by atoms with E-state index in [4.69, 9.17) is 11.6 Å². The van der Waals surface area contributed by atoms with E-state index in [1.54, 1.807) is 37.3 Å². The summed E-state index contributed by atoms with van der Waals surface area (Å²) in [6, 6.07) is 9.61. The first-order valence-electron chi connectivity index (χ1n) is 5.97. The summed E-state index contributed by atoms with van der Waals surface area (Å²) in [7, 11) is -3.82. The molecule has 0 saturated heterocycles. The van der Waals surface area contributed by atoms with E-state index in [0.717, 1.165) is 5.56 Å². The first-order chi connectivity index (χ1) is 9.97. The van der Waals surface area contributed by atoms with Crippen LogP contribution in [-0.4, -0.2) is 18.7 Å². The number of anilines is 1. The number of aromatic nitrogens is 2. The lowest BCUT2D eigenvalue weighted by atomic mass is 10.2. The normalized spacial score (nSPS) is 11.7. The van der Waals surface area contributed by atoms with Crippen LogP contribution in [0.25, 0.3) is 11.0 Å².